The Kier molecular flexibility index (Phi) is 4.93. The van der Waals surface area contributed by atoms with Gasteiger partial charge in [0.05, 0.1) is 6.54 Å². The van der Waals surface area contributed by atoms with E-state index in [1.54, 1.807) is 36.2 Å². The molecule has 5 heteroatoms. The summed E-state index contributed by atoms with van der Waals surface area (Å²) in [4.78, 5) is 25.3. The number of imide groups is 1. The summed E-state index contributed by atoms with van der Waals surface area (Å²) < 4.78 is 0. The summed E-state index contributed by atoms with van der Waals surface area (Å²) in [5, 5.41) is 4.89. The molecule has 0 saturated carbocycles. The predicted octanol–water partition coefficient (Wildman–Crippen LogP) is 2.47. The normalized spacial score (nSPS) is 9.76. The summed E-state index contributed by atoms with van der Waals surface area (Å²) in [5.41, 5.74) is 1.55. The Labute approximate surface area is 123 Å². The standard InChI is InChI=1S/C16H17N3O2/c1-19(14-10-6-3-7-11-14)12-15(20)18-16(21)17-13-8-4-2-5-9-13/h2-11H,12H2,1H3,(H2,17,18,20,21). The SMILES string of the molecule is CN(CC(=O)NC(=O)Nc1ccccc1)c1ccccc1. The van der Waals surface area contributed by atoms with Crippen molar-refractivity contribution in [1.82, 2.24) is 5.32 Å². The van der Waals surface area contributed by atoms with Gasteiger partial charge in [-0.2, -0.15) is 0 Å². The van der Waals surface area contributed by atoms with E-state index in [2.05, 4.69) is 10.6 Å². The maximum atomic E-state index is 11.8. The zero-order valence-electron chi connectivity index (χ0n) is 11.7. The highest BCUT2D eigenvalue weighted by Gasteiger charge is 2.10. The third kappa shape index (κ3) is 4.65. The van der Waals surface area contributed by atoms with Crippen LogP contribution in [-0.2, 0) is 4.79 Å². The van der Waals surface area contributed by atoms with Crippen LogP contribution in [0.25, 0.3) is 0 Å². The van der Waals surface area contributed by atoms with Crippen LogP contribution in [0, 0.1) is 0 Å². The monoisotopic (exact) mass is 283 g/mol. The van der Waals surface area contributed by atoms with Gasteiger partial charge in [0.2, 0.25) is 5.91 Å². The number of carbonyl (C=O) groups excluding carboxylic acids is 2. The van der Waals surface area contributed by atoms with Gasteiger partial charge in [-0.3, -0.25) is 10.1 Å². The summed E-state index contributed by atoms with van der Waals surface area (Å²) >= 11 is 0. The van der Waals surface area contributed by atoms with Crippen molar-refractivity contribution in [1.29, 1.82) is 0 Å². The molecule has 0 atom stereocenters. The Morgan fingerprint density at radius 1 is 0.952 bits per heavy atom. The lowest BCUT2D eigenvalue weighted by molar-refractivity contribution is -0.118. The summed E-state index contributed by atoms with van der Waals surface area (Å²) in [5.74, 6) is -0.366. The van der Waals surface area contributed by atoms with Gasteiger partial charge in [0.1, 0.15) is 0 Å². The van der Waals surface area contributed by atoms with Crippen molar-refractivity contribution in [2.75, 3.05) is 23.8 Å². The van der Waals surface area contributed by atoms with Crippen LogP contribution >= 0.6 is 0 Å². The zero-order chi connectivity index (χ0) is 15.1. The van der Waals surface area contributed by atoms with E-state index in [1.807, 2.05) is 36.4 Å². The number of carbonyl (C=O) groups is 2. The third-order valence-corrected chi connectivity index (χ3v) is 2.86. The molecule has 0 bridgehead atoms. The number of likely N-dealkylation sites (N-methyl/N-ethyl adjacent to an activating group) is 1. The molecule has 2 aromatic carbocycles. The average Bonchev–Trinajstić information content (AvgIpc) is 2.48. The number of urea groups is 1. The van der Waals surface area contributed by atoms with E-state index in [0.29, 0.717) is 5.69 Å². The minimum atomic E-state index is -0.535. The van der Waals surface area contributed by atoms with Gasteiger partial charge in [0.15, 0.2) is 0 Å². The first-order valence-electron chi connectivity index (χ1n) is 6.57. The Balaban J connectivity index is 1.83. The Hall–Kier alpha value is -2.82. The van der Waals surface area contributed by atoms with Crippen LogP contribution in [0.15, 0.2) is 60.7 Å². The quantitative estimate of drug-likeness (QED) is 0.906. The molecule has 0 aliphatic rings. The van der Waals surface area contributed by atoms with Crippen LogP contribution in [0.5, 0.6) is 0 Å². The van der Waals surface area contributed by atoms with Crippen LogP contribution < -0.4 is 15.5 Å². The highest BCUT2D eigenvalue weighted by Crippen LogP contribution is 2.10. The largest absolute Gasteiger partial charge is 0.365 e. The van der Waals surface area contributed by atoms with Gasteiger partial charge in [-0.15, -0.1) is 0 Å². The van der Waals surface area contributed by atoms with E-state index in [-0.39, 0.29) is 12.5 Å². The summed E-state index contributed by atoms with van der Waals surface area (Å²) in [7, 11) is 1.80. The molecule has 3 amide bonds. The molecule has 0 fully saturated rings. The van der Waals surface area contributed by atoms with E-state index < -0.39 is 6.03 Å². The molecule has 21 heavy (non-hydrogen) atoms. The highest BCUT2D eigenvalue weighted by molar-refractivity contribution is 6.02. The average molecular weight is 283 g/mol. The number of anilines is 2. The van der Waals surface area contributed by atoms with Crippen molar-refractivity contribution < 1.29 is 9.59 Å². The second-order valence-electron chi connectivity index (χ2n) is 4.56. The van der Waals surface area contributed by atoms with Gasteiger partial charge in [-0.05, 0) is 24.3 Å². The number of para-hydroxylation sites is 2. The molecule has 2 rings (SSSR count). The molecular formula is C16H17N3O2. The molecule has 2 aromatic rings. The molecular weight excluding hydrogens is 266 g/mol. The number of hydrogen-bond acceptors (Lipinski definition) is 3. The zero-order valence-corrected chi connectivity index (χ0v) is 11.7. The fourth-order valence-electron chi connectivity index (χ4n) is 1.84. The van der Waals surface area contributed by atoms with Crippen LogP contribution in [0.1, 0.15) is 0 Å². The highest BCUT2D eigenvalue weighted by atomic mass is 16.2. The molecule has 0 radical (unpaired) electrons. The van der Waals surface area contributed by atoms with E-state index in [0.717, 1.165) is 5.69 Å². The fraction of sp³-hybridized carbons (Fsp3) is 0.125. The van der Waals surface area contributed by atoms with Crippen LogP contribution in [0.2, 0.25) is 0 Å². The number of hydrogen-bond donors (Lipinski definition) is 2. The van der Waals surface area contributed by atoms with Gasteiger partial charge >= 0.3 is 6.03 Å². The van der Waals surface area contributed by atoms with E-state index in [1.165, 1.54) is 0 Å². The third-order valence-electron chi connectivity index (χ3n) is 2.86. The molecule has 0 aliphatic heterocycles. The summed E-state index contributed by atoms with van der Waals surface area (Å²) in [6, 6.07) is 17.9. The van der Waals surface area contributed by atoms with Gasteiger partial charge in [-0.25, -0.2) is 4.79 Å². The first-order chi connectivity index (χ1) is 10.1. The fourth-order valence-corrected chi connectivity index (χ4v) is 1.84. The van der Waals surface area contributed by atoms with Crippen LogP contribution in [0.4, 0.5) is 16.2 Å². The number of rotatable bonds is 4. The maximum absolute atomic E-state index is 11.8. The van der Waals surface area contributed by atoms with E-state index in [4.69, 9.17) is 0 Å². The second-order valence-corrected chi connectivity index (χ2v) is 4.56. The molecule has 0 aromatic heterocycles. The Morgan fingerprint density at radius 2 is 1.52 bits per heavy atom. The molecule has 0 heterocycles. The Morgan fingerprint density at radius 3 is 2.14 bits per heavy atom. The molecule has 0 aliphatic carbocycles. The summed E-state index contributed by atoms with van der Waals surface area (Å²) in [6.07, 6.45) is 0. The van der Waals surface area contributed by atoms with E-state index in [9.17, 15) is 9.59 Å². The van der Waals surface area contributed by atoms with Crippen LogP contribution in [0.3, 0.4) is 0 Å². The maximum Gasteiger partial charge on any atom is 0.325 e. The van der Waals surface area contributed by atoms with Crippen molar-refractivity contribution in [3.8, 4) is 0 Å². The first-order valence-corrected chi connectivity index (χ1v) is 6.57. The number of amides is 3. The van der Waals surface area contributed by atoms with Gasteiger partial charge in [0, 0.05) is 18.4 Å². The molecule has 5 nitrogen and oxygen atoms in total. The number of benzene rings is 2. The Bertz CT molecular complexity index is 599. The lowest BCUT2D eigenvalue weighted by atomic mass is 10.3. The van der Waals surface area contributed by atoms with Crippen molar-refractivity contribution in [3.63, 3.8) is 0 Å². The molecule has 0 saturated heterocycles. The van der Waals surface area contributed by atoms with Gasteiger partial charge in [0.25, 0.3) is 0 Å². The topological polar surface area (TPSA) is 61.4 Å². The minimum absolute atomic E-state index is 0.103. The molecule has 0 spiro atoms. The van der Waals surface area contributed by atoms with E-state index >= 15 is 0 Å². The minimum Gasteiger partial charge on any atom is -0.365 e. The molecule has 108 valence electrons. The van der Waals surface area contributed by atoms with Crippen molar-refractivity contribution in [2.45, 2.75) is 0 Å². The molecule has 0 unspecified atom stereocenters. The first kappa shape index (κ1) is 14.6. The lowest BCUT2D eigenvalue weighted by Crippen LogP contribution is -2.40. The van der Waals surface area contributed by atoms with Crippen molar-refractivity contribution in [2.24, 2.45) is 0 Å². The number of nitrogens with zero attached hydrogens (tertiary/aromatic N) is 1. The lowest BCUT2D eigenvalue weighted by Gasteiger charge is -2.18. The van der Waals surface area contributed by atoms with Crippen molar-refractivity contribution >= 4 is 23.3 Å². The predicted molar refractivity (Wildman–Crippen MR) is 83.3 cm³/mol. The van der Waals surface area contributed by atoms with Crippen LogP contribution in [-0.4, -0.2) is 25.5 Å². The van der Waals surface area contributed by atoms with Crippen molar-refractivity contribution in [3.05, 3.63) is 60.7 Å². The smallest absolute Gasteiger partial charge is 0.325 e. The number of nitrogens with one attached hydrogen (secondary N) is 2. The van der Waals surface area contributed by atoms with Gasteiger partial charge < -0.3 is 10.2 Å². The summed E-state index contributed by atoms with van der Waals surface area (Å²) in [6.45, 7) is 0.103. The van der Waals surface area contributed by atoms with Gasteiger partial charge in [-0.1, -0.05) is 36.4 Å². The second kappa shape index (κ2) is 7.09. The molecule has 2 N–H and O–H groups in total.